The van der Waals surface area contributed by atoms with Crippen LogP contribution in [0.1, 0.15) is 32.6 Å². The summed E-state index contributed by atoms with van der Waals surface area (Å²) in [6.45, 7) is 5.81. The normalized spacial score (nSPS) is 19.4. The van der Waals surface area contributed by atoms with E-state index in [1.54, 1.807) is 7.11 Å². The van der Waals surface area contributed by atoms with Crippen molar-refractivity contribution >= 4 is 23.0 Å². The van der Waals surface area contributed by atoms with Gasteiger partial charge >= 0.3 is 5.69 Å². The first kappa shape index (κ1) is 21.1. The maximum Gasteiger partial charge on any atom is 0.353 e. The molecule has 1 atom stereocenters. The van der Waals surface area contributed by atoms with E-state index in [1.165, 1.54) is 6.33 Å². The van der Waals surface area contributed by atoms with Crippen molar-refractivity contribution in [1.29, 1.82) is 0 Å². The standard InChI is InChI=1S/C22H30N6O3/c1-3-17-6-4-5-11-27(17)22-20(28(29)30)21(23-16-24-22)26-14-12-25(13-15-26)18-7-9-19(31-2)10-8-18/h7-10,16-17H,3-6,11-15H2,1-2H3. The zero-order chi connectivity index (χ0) is 21.8. The molecule has 0 aliphatic carbocycles. The van der Waals surface area contributed by atoms with Gasteiger partial charge in [0.15, 0.2) is 0 Å². The van der Waals surface area contributed by atoms with Gasteiger partial charge in [0, 0.05) is 44.5 Å². The summed E-state index contributed by atoms with van der Waals surface area (Å²) >= 11 is 0. The molecule has 9 heteroatoms. The molecule has 3 heterocycles. The third-order valence-corrected chi connectivity index (χ3v) is 6.35. The molecule has 2 saturated heterocycles. The lowest BCUT2D eigenvalue weighted by Gasteiger charge is -2.38. The molecule has 0 amide bonds. The van der Waals surface area contributed by atoms with E-state index in [-0.39, 0.29) is 10.6 Å². The Morgan fingerprint density at radius 2 is 1.71 bits per heavy atom. The van der Waals surface area contributed by atoms with Gasteiger partial charge in [-0.3, -0.25) is 10.1 Å². The van der Waals surface area contributed by atoms with Crippen molar-refractivity contribution in [2.45, 2.75) is 38.6 Å². The molecular formula is C22H30N6O3. The molecule has 0 radical (unpaired) electrons. The molecule has 166 valence electrons. The second-order valence-corrected chi connectivity index (χ2v) is 8.05. The number of nitro groups is 1. The number of anilines is 3. The van der Waals surface area contributed by atoms with Gasteiger partial charge in [0.1, 0.15) is 12.1 Å². The van der Waals surface area contributed by atoms with Crippen LogP contribution in [-0.4, -0.2) is 60.8 Å². The predicted octanol–water partition coefficient (Wildman–Crippen LogP) is 3.49. The van der Waals surface area contributed by atoms with Gasteiger partial charge in [-0.05, 0) is 49.9 Å². The van der Waals surface area contributed by atoms with Crippen LogP contribution in [0, 0.1) is 10.1 Å². The van der Waals surface area contributed by atoms with E-state index in [4.69, 9.17) is 4.74 Å². The van der Waals surface area contributed by atoms with Gasteiger partial charge in [0.2, 0.25) is 11.6 Å². The lowest BCUT2D eigenvalue weighted by molar-refractivity contribution is -0.383. The molecular weight excluding hydrogens is 396 g/mol. The van der Waals surface area contributed by atoms with Crippen LogP contribution >= 0.6 is 0 Å². The van der Waals surface area contributed by atoms with Crippen molar-refractivity contribution in [2.24, 2.45) is 0 Å². The van der Waals surface area contributed by atoms with E-state index in [0.717, 1.165) is 56.8 Å². The Morgan fingerprint density at radius 3 is 2.35 bits per heavy atom. The molecule has 2 aliphatic heterocycles. The van der Waals surface area contributed by atoms with Gasteiger partial charge in [0.25, 0.3) is 0 Å². The van der Waals surface area contributed by atoms with Gasteiger partial charge in [-0.15, -0.1) is 0 Å². The Balaban J connectivity index is 1.55. The third kappa shape index (κ3) is 4.35. The van der Waals surface area contributed by atoms with Gasteiger partial charge in [-0.25, -0.2) is 9.97 Å². The highest BCUT2D eigenvalue weighted by molar-refractivity contribution is 5.72. The van der Waals surface area contributed by atoms with Gasteiger partial charge in [0.05, 0.1) is 12.0 Å². The van der Waals surface area contributed by atoms with E-state index in [1.807, 2.05) is 29.2 Å². The Labute approximate surface area is 182 Å². The van der Waals surface area contributed by atoms with Crippen LogP contribution in [0.3, 0.4) is 0 Å². The van der Waals surface area contributed by atoms with Crippen LogP contribution in [0.5, 0.6) is 5.75 Å². The number of methoxy groups -OCH3 is 1. The number of rotatable bonds is 6. The highest BCUT2D eigenvalue weighted by Gasteiger charge is 2.34. The topological polar surface area (TPSA) is 87.9 Å². The molecule has 9 nitrogen and oxygen atoms in total. The molecule has 1 aromatic carbocycles. The molecule has 2 aliphatic rings. The number of ether oxygens (including phenoxy) is 1. The summed E-state index contributed by atoms with van der Waals surface area (Å²) in [5, 5.41) is 12.1. The molecule has 31 heavy (non-hydrogen) atoms. The fraction of sp³-hybridized carbons (Fsp3) is 0.545. The van der Waals surface area contributed by atoms with Gasteiger partial charge in [-0.1, -0.05) is 6.92 Å². The summed E-state index contributed by atoms with van der Waals surface area (Å²) in [5.74, 6) is 1.73. The number of piperidine rings is 1. The fourth-order valence-electron chi connectivity index (χ4n) is 4.64. The summed E-state index contributed by atoms with van der Waals surface area (Å²) in [5.41, 5.74) is 1.16. The average Bonchev–Trinajstić information content (AvgIpc) is 2.83. The zero-order valence-corrected chi connectivity index (χ0v) is 18.2. The minimum absolute atomic E-state index is 0.0424. The van der Waals surface area contributed by atoms with Gasteiger partial charge in [-0.2, -0.15) is 0 Å². The van der Waals surface area contributed by atoms with Crippen molar-refractivity contribution in [2.75, 3.05) is 54.5 Å². The molecule has 1 unspecified atom stereocenters. The fourth-order valence-corrected chi connectivity index (χ4v) is 4.64. The lowest BCUT2D eigenvalue weighted by Crippen LogP contribution is -2.47. The molecule has 0 spiro atoms. The maximum atomic E-state index is 12.1. The van der Waals surface area contributed by atoms with Crippen LogP contribution < -0.4 is 19.4 Å². The largest absolute Gasteiger partial charge is 0.497 e. The van der Waals surface area contributed by atoms with Crippen molar-refractivity contribution in [1.82, 2.24) is 9.97 Å². The van der Waals surface area contributed by atoms with E-state index in [0.29, 0.717) is 30.8 Å². The summed E-state index contributed by atoms with van der Waals surface area (Å²) in [4.78, 5) is 27.0. The molecule has 0 bridgehead atoms. The molecule has 4 rings (SSSR count). The first-order chi connectivity index (χ1) is 15.1. The number of aromatic nitrogens is 2. The molecule has 2 aromatic rings. The van der Waals surface area contributed by atoms with E-state index < -0.39 is 0 Å². The maximum absolute atomic E-state index is 12.1. The van der Waals surface area contributed by atoms with E-state index in [2.05, 4.69) is 26.7 Å². The molecule has 0 saturated carbocycles. The van der Waals surface area contributed by atoms with Crippen molar-refractivity contribution in [3.8, 4) is 5.75 Å². The second-order valence-electron chi connectivity index (χ2n) is 8.05. The summed E-state index contributed by atoms with van der Waals surface area (Å²) < 4.78 is 5.24. The highest BCUT2D eigenvalue weighted by Crippen LogP contribution is 2.38. The highest BCUT2D eigenvalue weighted by atomic mass is 16.6. The Morgan fingerprint density at radius 1 is 1.03 bits per heavy atom. The predicted molar refractivity (Wildman–Crippen MR) is 121 cm³/mol. The second kappa shape index (κ2) is 9.36. The first-order valence-corrected chi connectivity index (χ1v) is 11.0. The molecule has 1 aromatic heterocycles. The third-order valence-electron chi connectivity index (χ3n) is 6.35. The van der Waals surface area contributed by atoms with E-state index >= 15 is 0 Å². The monoisotopic (exact) mass is 426 g/mol. The van der Waals surface area contributed by atoms with Crippen LogP contribution in [0.4, 0.5) is 23.0 Å². The van der Waals surface area contributed by atoms with Crippen LogP contribution in [0.25, 0.3) is 0 Å². The van der Waals surface area contributed by atoms with Crippen LogP contribution in [-0.2, 0) is 0 Å². The summed E-state index contributed by atoms with van der Waals surface area (Å²) in [7, 11) is 1.66. The average molecular weight is 427 g/mol. The lowest BCUT2D eigenvalue weighted by atomic mass is 10.00. The minimum Gasteiger partial charge on any atom is -0.497 e. The number of piperazine rings is 1. The molecule has 2 fully saturated rings. The number of hydrogen-bond donors (Lipinski definition) is 0. The summed E-state index contributed by atoms with van der Waals surface area (Å²) in [6.07, 6.45) is 5.68. The smallest absolute Gasteiger partial charge is 0.353 e. The van der Waals surface area contributed by atoms with Crippen molar-refractivity contribution < 1.29 is 9.66 Å². The Kier molecular flexibility index (Phi) is 6.39. The zero-order valence-electron chi connectivity index (χ0n) is 18.2. The summed E-state index contributed by atoms with van der Waals surface area (Å²) in [6, 6.07) is 8.28. The van der Waals surface area contributed by atoms with Gasteiger partial charge < -0.3 is 19.4 Å². The van der Waals surface area contributed by atoms with Crippen LogP contribution in [0.15, 0.2) is 30.6 Å². The quantitative estimate of drug-likeness (QED) is 0.512. The number of hydrogen-bond acceptors (Lipinski definition) is 8. The Hall–Kier alpha value is -3.10. The van der Waals surface area contributed by atoms with Crippen molar-refractivity contribution in [3.05, 3.63) is 40.7 Å². The molecule has 0 N–H and O–H groups in total. The van der Waals surface area contributed by atoms with Crippen molar-refractivity contribution in [3.63, 3.8) is 0 Å². The Bertz CT molecular complexity index is 899. The number of nitrogens with zero attached hydrogens (tertiary/aromatic N) is 6. The van der Waals surface area contributed by atoms with Crippen LogP contribution in [0.2, 0.25) is 0 Å². The number of benzene rings is 1. The SMILES string of the molecule is CCC1CCCCN1c1ncnc(N2CCN(c3ccc(OC)cc3)CC2)c1[N+](=O)[O-]. The van der Waals surface area contributed by atoms with E-state index in [9.17, 15) is 10.1 Å². The first-order valence-electron chi connectivity index (χ1n) is 11.0. The minimum atomic E-state index is -0.304.